The number of nitrogens with one attached hydrogen (secondary N) is 1. The number of hydrogen-bond acceptors (Lipinski definition) is 4. The molecule has 0 fully saturated rings. The van der Waals surface area contributed by atoms with E-state index in [0.29, 0.717) is 17.8 Å². The van der Waals surface area contributed by atoms with Crippen molar-refractivity contribution >= 4 is 33.0 Å². The maximum absolute atomic E-state index is 12.5. The minimum absolute atomic E-state index is 0.0860. The second kappa shape index (κ2) is 7.47. The molecule has 0 aliphatic heterocycles. The highest BCUT2D eigenvalue weighted by Gasteiger charge is 2.19. The topological polar surface area (TPSA) is 56.1 Å². The van der Waals surface area contributed by atoms with Gasteiger partial charge in [-0.2, -0.15) is 5.26 Å². The molecule has 1 N–H and O–H groups in total. The summed E-state index contributed by atoms with van der Waals surface area (Å²) >= 11 is 1.72. The lowest BCUT2D eigenvalue weighted by Crippen LogP contribution is -2.39. The van der Waals surface area contributed by atoms with Gasteiger partial charge in [0, 0.05) is 16.9 Å². The van der Waals surface area contributed by atoms with Crippen LogP contribution in [0.25, 0.3) is 10.1 Å². The molecule has 1 amide bonds. The molecule has 126 valence electrons. The molecule has 5 heteroatoms. The van der Waals surface area contributed by atoms with E-state index < -0.39 is 0 Å². The van der Waals surface area contributed by atoms with E-state index in [0.717, 1.165) is 0 Å². The first-order chi connectivity index (χ1) is 12.1. The normalized spacial score (nSPS) is 12.1. The fourth-order valence-corrected chi connectivity index (χ4v) is 3.63. The van der Waals surface area contributed by atoms with Gasteiger partial charge in [0.1, 0.15) is 0 Å². The third-order valence-electron chi connectivity index (χ3n) is 4.28. The summed E-state index contributed by atoms with van der Waals surface area (Å²) in [7, 11) is 1.95. The number of carbonyl (C=O) groups is 1. The van der Waals surface area contributed by atoms with Gasteiger partial charge in [0.25, 0.3) is 0 Å². The van der Waals surface area contributed by atoms with Gasteiger partial charge in [0.05, 0.1) is 17.7 Å². The third-order valence-corrected chi connectivity index (χ3v) is 5.29. The number of benzene rings is 2. The van der Waals surface area contributed by atoms with E-state index in [1.165, 1.54) is 15.6 Å². The van der Waals surface area contributed by atoms with Crippen LogP contribution in [0.15, 0.2) is 53.9 Å². The number of nitriles is 1. The molecular formula is C20H19N3OS. The number of carbonyl (C=O) groups excluding carboxylic acids is 1. The molecule has 0 spiro atoms. The summed E-state index contributed by atoms with van der Waals surface area (Å²) in [6, 6.07) is 17.0. The first-order valence-electron chi connectivity index (χ1n) is 8.05. The number of likely N-dealkylation sites (N-methyl/N-ethyl adjacent to an activating group) is 1. The van der Waals surface area contributed by atoms with Crippen LogP contribution in [0.3, 0.4) is 0 Å². The molecule has 3 aromatic rings. The number of thiophene rings is 1. The highest BCUT2D eigenvalue weighted by Crippen LogP contribution is 2.26. The molecule has 25 heavy (non-hydrogen) atoms. The Morgan fingerprint density at radius 2 is 2.08 bits per heavy atom. The van der Waals surface area contributed by atoms with Crippen molar-refractivity contribution < 1.29 is 4.79 Å². The molecule has 0 aliphatic carbocycles. The Labute approximate surface area is 151 Å². The summed E-state index contributed by atoms with van der Waals surface area (Å²) in [5, 5.41) is 15.2. The molecule has 1 aromatic heterocycles. The van der Waals surface area contributed by atoms with Crippen LogP contribution >= 0.6 is 11.3 Å². The number of hydrogen-bond donors (Lipinski definition) is 1. The molecule has 1 heterocycles. The van der Waals surface area contributed by atoms with Gasteiger partial charge >= 0.3 is 0 Å². The number of anilines is 1. The van der Waals surface area contributed by atoms with Gasteiger partial charge in [-0.05, 0) is 54.6 Å². The van der Waals surface area contributed by atoms with Crippen LogP contribution in [-0.4, -0.2) is 23.9 Å². The zero-order valence-electron chi connectivity index (χ0n) is 14.2. The van der Waals surface area contributed by atoms with Gasteiger partial charge in [0.2, 0.25) is 5.91 Å². The van der Waals surface area contributed by atoms with Gasteiger partial charge < -0.3 is 5.32 Å². The van der Waals surface area contributed by atoms with Crippen LogP contribution in [0.5, 0.6) is 0 Å². The Morgan fingerprint density at radius 1 is 1.28 bits per heavy atom. The first-order valence-corrected chi connectivity index (χ1v) is 8.93. The molecule has 0 radical (unpaired) electrons. The average molecular weight is 349 g/mol. The SMILES string of the molecule is CC(C(=O)Nc1cccc(C#N)c1)N(C)Cc1csc2ccccc12. The second-order valence-electron chi connectivity index (χ2n) is 6.03. The Balaban J connectivity index is 1.68. The molecular weight excluding hydrogens is 330 g/mol. The maximum Gasteiger partial charge on any atom is 0.241 e. The summed E-state index contributed by atoms with van der Waals surface area (Å²) in [6.07, 6.45) is 0. The van der Waals surface area contributed by atoms with E-state index in [1.54, 1.807) is 35.6 Å². The number of rotatable bonds is 5. The van der Waals surface area contributed by atoms with E-state index in [9.17, 15) is 4.79 Å². The largest absolute Gasteiger partial charge is 0.325 e. The number of nitrogens with zero attached hydrogens (tertiary/aromatic N) is 2. The summed E-state index contributed by atoms with van der Waals surface area (Å²) in [5.41, 5.74) is 2.41. The lowest BCUT2D eigenvalue weighted by molar-refractivity contribution is -0.120. The summed E-state index contributed by atoms with van der Waals surface area (Å²) in [5.74, 6) is -0.0860. The molecule has 0 saturated heterocycles. The van der Waals surface area contributed by atoms with Crippen molar-refractivity contribution in [2.45, 2.75) is 19.5 Å². The van der Waals surface area contributed by atoms with Gasteiger partial charge in [-0.15, -0.1) is 11.3 Å². The van der Waals surface area contributed by atoms with Gasteiger partial charge in [-0.3, -0.25) is 9.69 Å². The predicted molar refractivity (Wildman–Crippen MR) is 103 cm³/mol. The average Bonchev–Trinajstić information content (AvgIpc) is 3.04. The first kappa shape index (κ1) is 17.2. The van der Waals surface area contributed by atoms with E-state index in [4.69, 9.17) is 5.26 Å². The molecule has 1 atom stereocenters. The van der Waals surface area contributed by atoms with Crippen LogP contribution in [0.4, 0.5) is 5.69 Å². The minimum Gasteiger partial charge on any atom is -0.325 e. The van der Waals surface area contributed by atoms with E-state index in [1.807, 2.05) is 31.0 Å². The Kier molecular flexibility index (Phi) is 5.13. The lowest BCUT2D eigenvalue weighted by atomic mass is 10.1. The van der Waals surface area contributed by atoms with Crippen LogP contribution in [0, 0.1) is 11.3 Å². The van der Waals surface area contributed by atoms with Crippen LogP contribution < -0.4 is 5.32 Å². The highest BCUT2D eigenvalue weighted by atomic mass is 32.1. The summed E-state index contributed by atoms with van der Waals surface area (Å²) in [4.78, 5) is 14.5. The van der Waals surface area contributed by atoms with Crippen molar-refractivity contribution in [2.24, 2.45) is 0 Å². The zero-order chi connectivity index (χ0) is 17.8. The Morgan fingerprint density at radius 3 is 2.88 bits per heavy atom. The summed E-state index contributed by atoms with van der Waals surface area (Å²) < 4.78 is 1.26. The molecule has 0 bridgehead atoms. The highest BCUT2D eigenvalue weighted by molar-refractivity contribution is 7.17. The van der Waals surface area contributed by atoms with Crippen molar-refractivity contribution in [3.63, 3.8) is 0 Å². The van der Waals surface area contributed by atoms with Gasteiger partial charge in [0.15, 0.2) is 0 Å². The van der Waals surface area contributed by atoms with Crippen LogP contribution in [0.2, 0.25) is 0 Å². The molecule has 0 saturated carbocycles. The molecule has 3 rings (SSSR count). The molecule has 1 unspecified atom stereocenters. The van der Waals surface area contributed by atoms with Crippen LogP contribution in [-0.2, 0) is 11.3 Å². The fourth-order valence-electron chi connectivity index (χ4n) is 2.67. The quantitative estimate of drug-likeness (QED) is 0.750. The number of amides is 1. The minimum atomic E-state index is -0.288. The molecule has 2 aromatic carbocycles. The predicted octanol–water partition coefficient (Wildman–Crippen LogP) is 4.23. The fraction of sp³-hybridized carbons (Fsp3) is 0.200. The lowest BCUT2D eigenvalue weighted by Gasteiger charge is -2.23. The smallest absolute Gasteiger partial charge is 0.241 e. The van der Waals surface area contributed by atoms with Crippen molar-refractivity contribution in [1.29, 1.82) is 5.26 Å². The second-order valence-corrected chi connectivity index (χ2v) is 6.94. The summed E-state index contributed by atoms with van der Waals surface area (Å²) in [6.45, 7) is 2.59. The van der Waals surface area contributed by atoms with Crippen molar-refractivity contribution in [3.8, 4) is 6.07 Å². The van der Waals surface area contributed by atoms with Crippen molar-refractivity contribution in [2.75, 3.05) is 12.4 Å². The molecule has 0 aliphatic rings. The Bertz CT molecular complexity index is 941. The monoisotopic (exact) mass is 349 g/mol. The zero-order valence-corrected chi connectivity index (χ0v) is 15.0. The van der Waals surface area contributed by atoms with Crippen molar-refractivity contribution in [3.05, 3.63) is 65.0 Å². The molecule has 4 nitrogen and oxygen atoms in total. The standard InChI is InChI=1S/C20H19N3OS/c1-14(20(24)22-17-7-5-6-15(10-17)11-21)23(2)12-16-13-25-19-9-4-3-8-18(16)19/h3-10,13-14H,12H2,1-2H3,(H,22,24). The van der Waals surface area contributed by atoms with E-state index in [2.05, 4.69) is 28.9 Å². The third kappa shape index (κ3) is 3.87. The van der Waals surface area contributed by atoms with Gasteiger partial charge in [-0.25, -0.2) is 0 Å². The number of fused-ring (bicyclic) bond motifs is 1. The van der Waals surface area contributed by atoms with Crippen molar-refractivity contribution in [1.82, 2.24) is 4.90 Å². The van der Waals surface area contributed by atoms with E-state index in [-0.39, 0.29) is 11.9 Å². The maximum atomic E-state index is 12.5. The van der Waals surface area contributed by atoms with Gasteiger partial charge in [-0.1, -0.05) is 24.3 Å². The van der Waals surface area contributed by atoms with Crippen LogP contribution in [0.1, 0.15) is 18.1 Å². The van der Waals surface area contributed by atoms with E-state index >= 15 is 0 Å². The Hall–Kier alpha value is -2.68.